The Morgan fingerprint density at radius 1 is 0.812 bits per heavy atom. The van der Waals surface area contributed by atoms with E-state index in [9.17, 15) is 19.2 Å². The van der Waals surface area contributed by atoms with Gasteiger partial charge in [0.1, 0.15) is 33.1 Å². The second kappa shape index (κ2) is 19.2. The van der Waals surface area contributed by atoms with Crippen molar-refractivity contribution in [2.45, 2.75) is 99.1 Å². The minimum atomic E-state index is -1.99. The largest absolute Gasteiger partial charge is 0.494 e. The van der Waals surface area contributed by atoms with Crippen LogP contribution >= 0.6 is 11.3 Å². The van der Waals surface area contributed by atoms with Gasteiger partial charge in [0.15, 0.2) is 8.32 Å². The molecule has 6 N–H and O–H groups in total. The number of amides is 4. The zero-order valence-corrected chi connectivity index (χ0v) is 39.9. The van der Waals surface area contributed by atoms with E-state index in [4.69, 9.17) is 35.3 Å². The average Bonchev–Trinajstić information content (AvgIpc) is 4.00. The van der Waals surface area contributed by atoms with E-state index in [2.05, 4.69) is 54.6 Å². The molecule has 6 rings (SSSR count). The smallest absolute Gasteiger partial charge is 0.276 e. The Morgan fingerprint density at radius 2 is 1.38 bits per heavy atom. The third-order valence-electron chi connectivity index (χ3n) is 11.2. The Hall–Kier alpha value is -6.38. The summed E-state index contributed by atoms with van der Waals surface area (Å²) in [6.07, 6.45) is 4.86. The van der Waals surface area contributed by atoms with Gasteiger partial charge in [0.2, 0.25) is 23.7 Å². The second-order valence-corrected chi connectivity index (χ2v) is 22.8. The molecule has 4 amide bonds. The molecule has 4 heterocycles. The predicted octanol–water partition coefficient (Wildman–Crippen LogP) is 7.00. The van der Waals surface area contributed by atoms with E-state index in [-0.39, 0.29) is 53.7 Å². The lowest BCUT2D eigenvalue weighted by molar-refractivity contribution is 0.0991. The monoisotopic (exact) mass is 911 g/mol. The molecule has 4 aromatic heterocycles. The Balaban J connectivity index is 1.39. The Labute approximate surface area is 376 Å². The fourth-order valence-corrected chi connectivity index (χ4v) is 8.87. The van der Waals surface area contributed by atoms with Crippen LogP contribution in [0.15, 0.2) is 42.5 Å². The topological polar surface area (TPSA) is 238 Å². The molecule has 0 saturated heterocycles. The van der Waals surface area contributed by atoms with Gasteiger partial charge in [-0.05, 0) is 75.7 Å². The summed E-state index contributed by atoms with van der Waals surface area (Å²) in [6.45, 7) is 20.0. The number of imidazole rings is 2. The lowest BCUT2D eigenvalue weighted by Gasteiger charge is -2.36. The molecule has 18 nitrogen and oxygen atoms in total. The molecule has 0 radical (unpaired) electrons. The average molecular weight is 912 g/mol. The first-order chi connectivity index (χ1) is 30.3. The zero-order valence-electron chi connectivity index (χ0n) is 38.0. The van der Waals surface area contributed by atoms with Crippen LogP contribution in [0.1, 0.15) is 98.3 Å². The van der Waals surface area contributed by atoms with Crippen LogP contribution in [0.3, 0.4) is 0 Å². The summed E-state index contributed by atoms with van der Waals surface area (Å²) in [5.74, 6) is -1.08. The summed E-state index contributed by atoms with van der Waals surface area (Å²) in [6, 6.07) is 7.91. The maximum Gasteiger partial charge on any atom is 0.276 e. The molecule has 6 aromatic rings. The van der Waals surface area contributed by atoms with Gasteiger partial charge in [-0.2, -0.15) is 5.10 Å². The van der Waals surface area contributed by atoms with Crippen LogP contribution < -0.4 is 31.6 Å². The van der Waals surface area contributed by atoms with Gasteiger partial charge in [0.25, 0.3) is 11.8 Å². The quantitative estimate of drug-likeness (QED) is 0.0367. The van der Waals surface area contributed by atoms with Crippen LogP contribution in [-0.4, -0.2) is 86.1 Å². The standard InChI is InChI=1S/C44H57N11O7SSi/c1-11-29-37(63-26(4)47-29)41(59)51-43-49-31-22-28(39(46)57)24-34(61-18-15-19-62-64(9,10)44(5,6)7)36(31)54(43)17-14-13-16-53-35-30(21-27(38(45)56)23-33(35)60-8)48-42(53)50-40(58)32-20-25(3)52-55(32)12-2/h13-14,20-24H,11-12,15-19H2,1-10H3,(H2,45,56)(H2,46,57)(H,48,50,58)(H,49,51,59). The van der Waals surface area contributed by atoms with Gasteiger partial charge in [-0.25, -0.2) is 15.0 Å². The number of benzene rings is 2. The lowest BCUT2D eigenvalue weighted by atomic mass is 10.1. The first-order valence-corrected chi connectivity index (χ1v) is 24.8. The molecule has 0 fully saturated rings. The van der Waals surface area contributed by atoms with Gasteiger partial charge < -0.3 is 34.5 Å². The van der Waals surface area contributed by atoms with Crippen molar-refractivity contribution >= 4 is 77.2 Å². The molecule has 0 aliphatic carbocycles. The highest BCUT2D eigenvalue weighted by Gasteiger charge is 2.37. The van der Waals surface area contributed by atoms with E-state index < -0.39 is 26.0 Å². The first-order valence-electron chi connectivity index (χ1n) is 21.0. The number of anilines is 2. The van der Waals surface area contributed by atoms with Crippen LogP contribution in [0.4, 0.5) is 11.9 Å². The summed E-state index contributed by atoms with van der Waals surface area (Å²) in [5, 5.41) is 11.1. The SMILES string of the molecule is CCc1nc(C)sc1C(=O)Nc1nc2cc(C(N)=O)cc(OCCCO[Si](C)(C)C(C)(C)C)c2n1CC=CCn1c(NC(=O)c2cc(C)nn2CC)nc2cc(C(N)=O)cc(OC)c21. The van der Waals surface area contributed by atoms with Gasteiger partial charge in [0, 0.05) is 43.8 Å². The van der Waals surface area contributed by atoms with E-state index in [1.165, 1.54) is 24.5 Å². The lowest BCUT2D eigenvalue weighted by Crippen LogP contribution is -2.41. The van der Waals surface area contributed by atoms with Crippen molar-refractivity contribution in [3.63, 3.8) is 0 Å². The molecule has 0 aliphatic rings. The summed E-state index contributed by atoms with van der Waals surface area (Å²) in [5.41, 5.74) is 15.3. The Kier molecular flexibility index (Phi) is 14.1. The van der Waals surface area contributed by atoms with E-state index in [1.807, 2.05) is 32.9 Å². The van der Waals surface area contributed by atoms with Crippen LogP contribution in [0, 0.1) is 13.8 Å². The number of hydrogen-bond donors (Lipinski definition) is 4. The summed E-state index contributed by atoms with van der Waals surface area (Å²) < 4.78 is 23.6. The number of allylic oxidation sites excluding steroid dienone is 2. The number of methoxy groups -OCH3 is 1. The van der Waals surface area contributed by atoms with Crippen molar-refractivity contribution in [3.05, 3.63) is 80.6 Å². The molecule has 64 heavy (non-hydrogen) atoms. The van der Waals surface area contributed by atoms with Crippen molar-refractivity contribution in [1.29, 1.82) is 0 Å². The maximum atomic E-state index is 13.9. The number of rotatable bonds is 19. The molecule has 0 spiro atoms. The second-order valence-electron chi connectivity index (χ2n) is 16.7. The molecular formula is C44H57N11O7SSi. The summed E-state index contributed by atoms with van der Waals surface area (Å²) in [4.78, 5) is 66.9. The third-order valence-corrected chi connectivity index (χ3v) is 16.7. The van der Waals surface area contributed by atoms with Crippen molar-refractivity contribution < 1.29 is 33.1 Å². The van der Waals surface area contributed by atoms with Crippen molar-refractivity contribution in [2.24, 2.45) is 11.5 Å². The van der Waals surface area contributed by atoms with Gasteiger partial charge in [-0.15, -0.1) is 11.3 Å². The molecule has 340 valence electrons. The highest BCUT2D eigenvalue weighted by atomic mass is 32.1. The number of hydrogen-bond acceptors (Lipinski definition) is 12. The number of aromatic nitrogens is 7. The number of carbonyl (C=O) groups excluding carboxylic acids is 4. The number of aryl methyl sites for hydroxylation is 4. The molecule has 0 bridgehead atoms. The normalized spacial score (nSPS) is 12.1. The van der Waals surface area contributed by atoms with E-state index >= 15 is 0 Å². The van der Waals surface area contributed by atoms with Crippen molar-refractivity contribution in [3.8, 4) is 11.5 Å². The van der Waals surface area contributed by atoms with Crippen molar-refractivity contribution in [2.75, 3.05) is 31.0 Å². The molecule has 0 atom stereocenters. The number of nitrogens with two attached hydrogens (primary N) is 2. The number of primary amides is 2. The van der Waals surface area contributed by atoms with Gasteiger partial charge >= 0.3 is 0 Å². The van der Waals surface area contributed by atoms with Crippen LogP contribution in [-0.2, 0) is 30.5 Å². The van der Waals surface area contributed by atoms with Crippen LogP contribution in [0.25, 0.3) is 22.1 Å². The molecule has 0 unspecified atom stereocenters. The van der Waals surface area contributed by atoms with E-state index in [0.717, 1.165) is 5.01 Å². The fraction of sp³-hybridized carbons (Fsp3) is 0.409. The molecule has 0 aliphatic heterocycles. The van der Waals surface area contributed by atoms with Crippen molar-refractivity contribution in [1.82, 2.24) is 33.9 Å². The number of nitrogens with zero attached hydrogens (tertiary/aromatic N) is 7. The molecule has 0 saturated carbocycles. The highest BCUT2D eigenvalue weighted by Crippen LogP contribution is 2.37. The Bertz CT molecular complexity index is 2780. The first kappa shape index (κ1) is 47.1. The molecule has 2 aromatic carbocycles. The van der Waals surface area contributed by atoms with E-state index in [0.29, 0.717) is 81.5 Å². The van der Waals surface area contributed by atoms with Crippen LogP contribution in [0.5, 0.6) is 11.5 Å². The Morgan fingerprint density at radius 3 is 1.91 bits per heavy atom. The third kappa shape index (κ3) is 10.0. The summed E-state index contributed by atoms with van der Waals surface area (Å²) in [7, 11) is -0.524. The highest BCUT2D eigenvalue weighted by molar-refractivity contribution is 7.13. The van der Waals surface area contributed by atoms with Crippen LogP contribution in [0.2, 0.25) is 18.1 Å². The maximum absolute atomic E-state index is 13.9. The number of nitrogens with one attached hydrogen (secondary N) is 2. The zero-order chi connectivity index (χ0) is 46.7. The summed E-state index contributed by atoms with van der Waals surface area (Å²) >= 11 is 1.29. The number of thiazole rings is 1. The predicted molar refractivity (Wildman–Crippen MR) is 250 cm³/mol. The van der Waals surface area contributed by atoms with Gasteiger partial charge in [-0.1, -0.05) is 39.8 Å². The minimum absolute atomic E-state index is 0.0476. The number of ether oxygens (including phenoxy) is 2. The minimum Gasteiger partial charge on any atom is -0.494 e. The molecule has 20 heteroatoms. The van der Waals surface area contributed by atoms with Gasteiger partial charge in [0.05, 0.1) is 41.1 Å². The van der Waals surface area contributed by atoms with E-state index in [1.54, 1.807) is 45.0 Å². The van der Waals surface area contributed by atoms with Gasteiger partial charge in [-0.3, -0.25) is 34.5 Å². The molecular weight excluding hydrogens is 855 g/mol. The number of carbonyl (C=O) groups is 4. The fourth-order valence-electron chi connectivity index (χ4n) is 6.88. The number of fused-ring (bicyclic) bond motifs is 2.